The summed E-state index contributed by atoms with van der Waals surface area (Å²) in [5, 5.41) is 67.0. The molecular weight excluding hydrogens is 1200 g/mol. The number of fused-ring (bicyclic) bond motifs is 4. The van der Waals surface area contributed by atoms with Crippen LogP contribution in [-0.4, -0.2) is 95.6 Å². The Bertz CT molecular complexity index is 5140. The first kappa shape index (κ1) is 61.6. The standard InChI is InChI=1S/3C20H15N3O2.C14H10ClN3O/c24-16-5-1-13(2-6-16)9-20-22-12-19-18(23-20)10-15(11-21-19)14-3-7-17(25)8-4-14;24-16-6-4-13(5-7-16)8-20-22-12-19-18(23-20)10-15(11-21-19)14-2-1-3-17(25)9-14;24-15-7-5-13(6-8-15)9-20-22-12-18-17(23-20)10-14(11-21-18)16-3-1-2-4-19(16)25;15-10-6-12-13(16-7-10)8-17-14(18-12)5-9-1-3-11(19)4-2-9/h1-8,10-12,24-25H,9H2;1-7,9-12,24-25H,8H2;1-8,10-12,24-25H,9H2;1-4,6-8,19H,5H2. The molecule has 0 aliphatic heterocycles. The normalized spacial score (nSPS) is 10.9. The number of aromatic nitrogens is 12. The topological polar surface area (TPSA) is 296 Å². The van der Waals surface area contributed by atoms with Gasteiger partial charge in [0, 0.05) is 72.7 Å². The van der Waals surface area contributed by atoms with Crippen LogP contribution in [0, 0.1) is 0 Å². The van der Waals surface area contributed by atoms with E-state index in [9.17, 15) is 35.7 Å². The maximum absolute atomic E-state index is 10.0. The van der Waals surface area contributed by atoms with Crippen molar-refractivity contribution in [1.29, 1.82) is 0 Å². The molecule has 0 saturated heterocycles. The molecule has 460 valence electrons. The van der Waals surface area contributed by atoms with Gasteiger partial charge in [-0.05, 0) is 137 Å². The van der Waals surface area contributed by atoms with Gasteiger partial charge in [0.25, 0.3) is 0 Å². The van der Waals surface area contributed by atoms with Gasteiger partial charge in [-0.15, -0.1) is 0 Å². The molecule has 0 radical (unpaired) electrons. The first-order valence-electron chi connectivity index (χ1n) is 29.4. The van der Waals surface area contributed by atoms with Crippen molar-refractivity contribution in [2.24, 2.45) is 0 Å². The minimum absolute atomic E-state index is 0.210. The lowest BCUT2D eigenvalue weighted by atomic mass is 10.1. The number of nitrogens with zero attached hydrogens (tertiary/aromatic N) is 12. The van der Waals surface area contributed by atoms with Crippen LogP contribution in [-0.2, 0) is 25.7 Å². The second-order valence-electron chi connectivity index (χ2n) is 21.6. The second-order valence-corrected chi connectivity index (χ2v) is 22.0. The van der Waals surface area contributed by atoms with Crippen molar-refractivity contribution < 1.29 is 35.7 Å². The van der Waals surface area contributed by atoms with Crippen LogP contribution in [0.3, 0.4) is 0 Å². The number of para-hydroxylation sites is 1. The molecule has 0 amide bonds. The summed E-state index contributed by atoms with van der Waals surface area (Å²) in [6, 6.07) is 56.8. The fourth-order valence-electron chi connectivity index (χ4n) is 9.85. The van der Waals surface area contributed by atoms with Crippen LogP contribution < -0.4 is 0 Å². The van der Waals surface area contributed by atoms with Gasteiger partial charge >= 0.3 is 0 Å². The lowest BCUT2D eigenvalue weighted by Crippen LogP contribution is -1.98. The summed E-state index contributed by atoms with van der Waals surface area (Å²) in [5.41, 5.74) is 15.2. The van der Waals surface area contributed by atoms with E-state index in [-0.39, 0.29) is 40.2 Å². The number of pyridine rings is 4. The van der Waals surface area contributed by atoms with Crippen molar-refractivity contribution in [3.63, 3.8) is 0 Å². The van der Waals surface area contributed by atoms with Crippen molar-refractivity contribution in [3.8, 4) is 73.6 Å². The molecule has 7 aromatic carbocycles. The van der Waals surface area contributed by atoms with E-state index >= 15 is 0 Å². The summed E-state index contributed by atoms with van der Waals surface area (Å²) in [6.07, 6.45) is 16.0. The third-order valence-electron chi connectivity index (χ3n) is 14.7. The number of hydrogen-bond donors (Lipinski definition) is 7. The van der Waals surface area contributed by atoms with E-state index in [4.69, 9.17) is 11.6 Å². The van der Waals surface area contributed by atoms with Gasteiger partial charge in [-0.1, -0.05) is 103 Å². The summed E-state index contributed by atoms with van der Waals surface area (Å²) in [4.78, 5) is 53.0. The van der Waals surface area contributed by atoms with E-state index in [1.54, 1.807) is 147 Å². The molecule has 19 nitrogen and oxygen atoms in total. The Labute approximate surface area is 542 Å². The van der Waals surface area contributed by atoms with Crippen LogP contribution in [0.4, 0.5) is 0 Å². The third kappa shape index (κ3) is 16.0. The number of aromatic hydroxyl groups is 7. The minimum Gasteiger partial charge on any atom is -0.508 e. The van der Waals surface area contributed by atoms with Gasteiger partial charge in [0.2, 0.25) is 0 Å². The Kier molecular flexibility index (Phi) is 18.7. The SMILES string of the molecule is Oc1ccc(Cc2ncc3ncc(-c4ccc(O)cc4)cc3n2)cc1.Oc1ccc(Cc2ncc3ncc(-c4cccc(O)c4)cc3n2)cc1.Oc1ccc(Cc2ncc3ncc(-c4ccccc4O)cc3n2)cc1.Oc1ccc(Cc2ncc3ncc(Cl)cc3n2)cc1. The molecule has 0 spiro atoms. The number of hydrogen-bond acceptors (Lipinski definition) is 19. The molecule has 0 saturated carbocycles. The van der Waals surface area contributed by atoms with Crippen LogP contribution in [0.5, 0.6) is 40.2 Å². The Morgan fingerprint density at radius 3 is 0.979 bits per heavy atom. The van der Waals surface area contributed by atoms with Crippen molar-refractivity contribution in [2.45, 2.75) is 25.7 Å². The first-order valence-corrected chi connectivity index (χ1v) is 29.7. The molecule has 15 aromatic rings. The van der Waals surface area contributed by atoms with E-state index in [1.807, 2.05) is 97.1 Å². The number of phenolic OH excluding ortho intramolecular Hbond substituents is 7. The highest BCUT2D eigenvalue weighted by Gasteiger charge is 2.12. The third-order valence-corrected chi connectivity index (χ3v) is 14.9. The van der Waals surface area contributed by atoms with Gasteiger partial charge in [-0.25, -0.2) is 39.9 Å². The highest BCUT2D eigenvalue weighted by Crippen LogP contribution is 2.31. The summed E-state index contributed by atoms with van der Waals surface area (Å²) in [6.45, 7) is 0. The first-order chi connectivity index (χ1) is 45.7. The number of rotatable bonds is 11. The highest BCUT2D eigenvalue weighted by molar-refractivity contribution is 6.31. The zero-order chi connectivity index (χ0) is 64.9. The van der Waals surface area contributed by atoms with Gasteiger partial charge in [0.05, 0.1) is 51.9 Å². The monoisotopic (exact) mass is 1260 g/mol. The Hall–Kier alpha value is -12.6. The molecule has 15 rings (SSSR count). The van der Waals surface area contributed by atoms with Gasteiger partial charge in [0.1, 0.15) is 85.6 Å². The van der Waals surface area contributed by atoms with E-state index in [1.165, 1.54) is 0 Å². The van der Waals surface area contributed by atoms with Crippen LogP contribution >= 0.6 is 11.6 Å². The Balaban J connectivity index is 0.000000121. The molecule has 0 aliphatic carbocycles. The average molecular weight is 1260 g/mol. The van der Waals surface area contributed by atoms with Crippen LogP contribution in [0.2, 0.25) is 5.02 Å². The molecule has 0 bridgehead atoms. The van der Waals surface area contributed by atoms with Crippen LogP contribution in [0.15, 0.2) is 244 Å². The fraction of sp³-hybridized carbons (Fsp3) is 0.0541. The van der Waals surface area contributed by atoms with Gasteiger partial charge in [-0.2, -0.15) is 0 Å². The van der Waals surface area contributed by atoms with Crippen molar-refractivity contribution in [3.05, 3.63) is 294 Å². The van der Waals surface area contributed by atoms with Crippen molar-refractivity contribution in [2.75, 3.05) is 0 Å². The minimum atomic E-state index is 0.210. The number of benzene rings is 7. The van der Waals surface area contributed by atoms with Gasteiger partial charge in [0.15, 0.2) is 0 Å². The molecule has 94 heavy (non-hydrogen) atoms. The molecule has 0 aliphatic rings. The summed E-state index contributed by atoms with van der Waals surface area (Å²) in [5.74, 6) is 4.38. The molecule has 8 aromatic heterocycles. The molecule has 0 unspecified atom stereocenters. The van der Waals surface area contributed by atoms with E-state index < -0.39 is 0 Å². The lowest BCUT2D eigenvalue weighted by Gasteiger charge is -2.06. The summed E-state index contributed by atoms with van der Waals surface area (Å²) < 4.78 is 0. The Morgan fingerprint density at radius 2 is 0.585 bits per heavy atom. The molecule has 7 N–H and O–H groups in total. The molecule has 0 fully saturated rings. The zero-order valence-electron chi connectivity index (χ0n) is 49.8. The smallest absolute Gasteiger partial charge is 0.133 e. The molecule has 20 heteroatoms. The average Bonchev–Trinajstić information content (AvgIpc) is 1.13. The molecule has 0 atom stereocenters. The maximum Gasteiger partial charge on any atom is 0.133 e. The number of halogens is 1. The fourth-order valence-corrected chi connectivity index (χ4v) is 10.00. The lowest BCUT2D eigenvalue weighted by molar-refractivity contribution is 0.474. The predicted octanol–water partition coefficient (Wildman–Crippen LogP) is 14.1. The quantitative estimate of drug-likeness (QED) is 0.0633. The van der Waals surface area contributed by atoms with Crippen molar-refractivity contribution >= 4 is 55.7 Å². The van der Waals surface area contributed by atoms with E-state index in [0.29, 0.717) is 59.5 Å². The largest absolute Gasteiger partial charge is 0.508 e. The van der Waals surface area contributed by atoms with Crippen molar-refractivity contribution in [1.82, 2.24) is 59.8 Å². The van der Waals surface area contributed by atoms with E-state index in [2.05, 4.69) is 59.8 Å². The molecular formula is C74H55ClN12O7. The second kappa shape index (κ2) is 28.5. The van der Waals surface area contributed by atoms with Gasteiger partial charge < -0.3 is 35.7 Å². The zero-order valence-corrected chi connectivity index (χ0v) is 50.6. The van der Waals surface area contributed by atoms with Crippen LogP contribution in [0.1, 0.15) is 45.6 Å². The van der Waals surface area contributed by atoms with Gasteiger partial charge in [-0.3, -0.25) is 19.9 Å². The highest BCUT2D eigenvalue weighted by atomic mass is 35.5. The summed E-state index contributed by atoms with van der Waals surface area (Å²) in [7, 11) is 0. The summed E-state index contributed by atoms with van der Waals surface area (Å²) >= 11 is 5.90. The molecule has 8 heterocycles. The number of phenols is 7. The van der Waals surface area contributed by atoms with E-state index in [0.717, 1.165) is 94.3 Å². The maximum atomic E-state index is 10.0. The predicted molar refractivity (Wildman–Crippen MR) is 359 cm³/mol. The van der Waals surface area contributed by atoms with Crippen LogP contribution in [0.25, 0.3) is 77.5 Å². The Morgan fingerprint density at radius 1 is 0.245 bits per heavy atom.